The lowest BCUT2D eigenvalue weighted by molar-refractivity contribution is 0.127. The summed E-state index contributed by atoms with van der Waals surface area (Å²) in [6, 6.07) is 6.78. The Morgan fingerprint density at radius 1 is 1.50 bits per heavy atom. The molecule has 5 heteroatoms. The fraction of sp³-hybridized carbons (Fsp3) is 0.385. The highest BCUT2D eigenvalue weighted by molar-refractivity contribution is 7.92. The van der Waals surface area contributed by atoms with E-state index in [-0.39, 0.29) is 11.9 Å². The van der Waals surface area contributed by atoms with Crippen LogP contribution in [0.2, 0.25) is 0 Å². The van der Waals surface area contributed by atoms with Crippen molar-refractivity contribution in [2.45, 2.75) is 18.9 Å². The molecule has 0 aliphatic carbocycles. The first kappa shape index (κ1) is 12.9. The summed E-state index contributed by atoms with van der Waals surface area (Å²) in [6.07, 6.45) is 6.79. The van der Waals surface area contributed by atoms with Gasteiger partial charge in [0.1, 0.15) is 0 Å². The van der Waals surface area contributed by atoms with Gasteiger partial charge in [-0.1, -0.05) is 12.0 Å². The number of rotatable bonds is 4. The third-order valence-electron chi connectivity index (χ3n) is 2.73. The van der Waals surface area contributed by atoms with E-state index in [9.17, 15) is 8.42 Å². The van der Waals surface area contributed by atoms with Crippen molar-refractivity contribution < 1.29 is 13.2 Å². The Hall–Kier alpha value is -1.51. The molecule has 96 valence electrons. The number of terminal acetylenes is 1. The van der Waals surface area contributed by atoms with Gasteiger partial charge in [0, 0.05) is 17.9 Å². The molecule has 1 aromatic carbocycles. The Balaban J connectivity index is 2.04. The van der Waals surface area contributed by atoms with Crippen molar-refractivity contribution in [1.82, 2.24) is 0 Å². The van der Waals surface area contributed by atoms with Gasteiger partial charge in [-0.15, -0.1) is 6.42 Å². The molecule has 0 bridgehead atoms. The minimum atomic E-state index is -3.39. The second-order valence-electron chi connectivity index (χ2n) is 4.24. The largest absolute Gasteiger partial charge is 0.377 e. The zero-order valence-electron chi connectivity index (χ0n) is 9.93. The van der Waals surface area contributed by atoms with E-state index in [1.54, 1.807) is 24.3 Å². The third-order valence-corrected chi connectivity index (χ3v) is 4.09. The van der Waals surface area contributed by atoms with E-state index in [1.807, 2.05) is 0 Å². The number of benzene rings is 1. The molecule has 1 N–H and O–H groups in total. The van der Waals surface area contributed by atoms with Gasteiger partial charge in [-0.25, -0.2) is 8.42 Å². The molecule has 1 aromatic rings. The van der Waals surface area contributed by atoms with Crippen LogP contribution in [-0.4, -0.2) is 26.9 Å². The number of nitrogens with one attached hydrogen (secondary N) is 1. The van der Waals surface area contributed by atoms with Gasteiger partial charge < -0.3 is 4.74 Å². The lowest BCUT2D eigenvalue weighted by Crippen LogP contribution is -2.25. The van der Waals surface area contributed by atoms with E-state index in [0.717, 1.165) is 12.8 Å². The van der Waals surface area contributed by atoms with E-state index >= 15 is 0 Å². The molecule has 1 atom stereocenters. The van der Waals surface area contributed by atoms with E-state index in [0.29, 0.717) is 17.9 Å². The fourth-order valence-electron chi connectivity index (χ4n) is 1.91. The molecule has 0 amide bonds. The number of ether oxygens (including phenoxy) is 1. The van der Waals surface area contributed by atoms with Gasteiger partial charge in [0.05, 0.1) is 11.9 Å². The molecule has 1 aliphatic heterocycles. The van der Waals surface area contributed by atoms with E-state index in [2.05, 4.69) is 10.6 Å². The maximum Gasteiger partial charge on any atom is 0.235 e. The predicted molar refractivity (Wildman–Crippen MR) is 70.8 cm³/mol. The average molecular weight is 265 g/mol. The smallest absolute Gasteiger partial charge is 0.235 e. The van der Waals surface area contributed by atoms with Crippen molar-refractivity contribution in [1.29, 1.82) is 0 Å². The first-order valence-electron chi connectivity index (χ1n) is 5.78. The Morgan fingerprint density at radius 3 is 3.00 bits per heavy atom. The van der Waals surface area contributed by atoms with Crippen LogP contribution in [0.15, 0.2) is 24.3 Å². The Labute approximate surface area is 107 Å². The highest BCUT2D eigenvalue weighted by Gasteiger charge is 2.23. The monoisotopic (exact) mass is 265 g/mol. The molecule has 0 spiro atoms. The Bertz CT molecular complexity index is 554. The summed E-state index contributed by atoms with van der Waals surface area (Å²) in [5.41, 5.74) is 1.13. The normalized spacial score (nSPS) is 19.4. The third kappa shape index (κ3) is 3.49. The van der Waals surface area contributed by atoms with Gasteiger partial charge in [-0.2, -0.15) is 0 Å². The maximum atomic E-state index is 11.9. The Morgan fingerprint density at radius 2 is 2.33 bits per heavy atom. The molecule has 18 heavy (non-hydrogen) atoms. The van der Waals surface area contributed by atoms with Crippen LogP contribution in [0.3, 0.4) is 0 Å². The van der Waals surface area contributed by atoms with Gasteiger partial charge >= 0.3 is 0 Å². The first-order chi connectivity index (χ1) is 8.59. The van der Waals surface area contributed by atoms with Gasteiger partial charge in [-0.3, -0.25) is 4.72 Å². The first-order valence-corrected chi connectivity index (χ1v) is 7.43. The minimum Gasteiger partial charge on any atom is -0.377 e. The standard InChI is InChI=1S/C13H15NO3S/c1-2-11-5-3-6-12(9-11)14-18(15,16)10-13-7-4-8-17-13/h1,3,5-6,9,13-14H,4,7-8,10H2/t13-/m1/s1. The van der Waals surface area contributed by atoms with E-state index in [4.69, 9.17) is 11.2 Å². The van der Waals surface area contributed by atoms with Crippen molar-refractivity contribution in [3.05, 3.63) is 29.8 Å². The van der Waals surface area contributed by atoms with Crippen molar-refractivity contribution in [2.75, 3.05) is 17.1 Å². The SMILES string of the molecule is C#Cc1cccc(NS(=O)(=O)C[C@H]2CCCO2)c1. The van der Waals surface area contributed by atoms with Gasteiger partial charge in [-0.05, 0) is 31.0 Å². The predicted octanol–water partition coefficient (Wildman–Crippen LogP) is 1.59. The van der Waals surface area contributed by atoms with Crippen LogP contribution in [0.25, 0.3) is 0 Å². The lowest BCUT2D eigenvalue weighted by Gasteiger charge is -2.12. The van der Waals surface area contributed by atoms with Crippen LogP contribution in [0.1, 0.15) is 18.4 Å². The molecule has 0 radical (unpaired) electrons. The highest BCUT2D eigenvalue weighted by Crippen LogP contribution is 2.16. The topological polar surface area (TPSA) is 55.4 Å². The second-order valence-corrected chi connectivity index (χ2v) is 6.01. The van der Waals surface area contributed by atoms with Crippen LogP contribution < -0.4 is 4.72 Å². The quantitative estimate of drug-likeness (QED) is 0.841. The molecule has 0 aromatic heterocycles. The van der Waals surface area contributed by atoms with E-state index < -0.39 is 10.0 Å². The zero-order chi connectivity index (χ0) is 13.0. The fourth-order valence-corrected chi connectivity index (χ4v) is 3.24. The molecule has 0 unspecified atom stereocenters. The van der Waals surface area contributed by atoms with Crippen LogP contribution in [-0.2, 0) is 14.8 Å². The summed E-state index contributed by atoms with van der Waals surface area (Å²) >= 11 is 0. The molecule has 4 nitrogen and oxygen atoms in total. The molecular weight excluding hydrogens is 250 g/mol. The molecular formula is C13H15NO3S. The molecule has 0 saturated carbocycles. The summed E-state index contributed by atoms with van der Waals surface area (Å²) in [7, 11) is -3.39. The van der Waals surface area contributed by atoms with Crippen LogP contribution in [0, 0.1) is 12.3 Å². The van der Waals surface area contributed by atoms with Gasteiger partial charge in [0.25, 0.3) is 0 Å². The summed E-state index contributed by atoms with van der Waals surface area (Å²) in [5.74, 6) is 2.46. The number of hydrogen-bond acceptors (Lipinski definition) is 3. The average Bonchev–Trinajstić information content (AvgIpc) is 2.80. The number of hydrogen-bond donors (Lipinski definition) is 1. The lowest BCUT2D eigenvalue weighted by atomic mass is 10.2. The molecule has 1 heterocycles. The van der Waals surface area contributed by atoms with Gasteiger partial charge in [0.2, 0.25) is 10.0 Å². The maximum absolute atomic E-state index is 11.9. The van der Waals surface area contributed by atoms with Crippen molar-refractivity contribution >= 4 is 15.7 Å². The molecule has 1 fully saturated rings. The molecule has 2 rings (SSSR count). The van der Waals surface area contributed by atoms with Crippen LogP contribution in [0.4, 0.5) is 5.69 Å². The van der Waals surface area contributed by atoms with Crippen molar-refractivity contribution in [2.24, 2.45) is 0 Å². The van der Waals surface area contributed by atoms with Gasteiger partial charge in [0.15, 0.2) is 0 Å². The summed E-state index contributed by atoms with van der Waals surface area (Å²) < 4.78 is 31.7. The number of anilines is 1. The van der Waals surface area contributed by atoms with Crippen LogP contribution in [0.5, 0.6) is 0 Å². The van der Waals surface area contributed by atoms with Crippen molar-refractivity contribution in [3.8, 4) is 12.3 Å². The van der Waals surface area contributed by atoms with Crippen molar-refractivity contribution in [3.63, 3.8) is 0 Å². The van der Waals surface area contributed by atoms with Crippen LogP contribution >= 0.6 is 0 Å². The molecule has 1 aliphatic rings. The Kier molecular flexibility index (Phi) is 3.90. The summed E-state index contributed by atoms with van der Waals surface area (Å²) in [4.78, 5) is 0. The zero-order valence-corrected chi connectivity index (χ0v) is 10.7. The summed E-state index contributed by atoms with van der Waals surface area (Å²) in [6.45, 7) is 0.646. The minimum absolute atomic E-state index is 0.00667. The highest BCUT2D eigenvalue weighted by atomic mass is 32.2. The number of sulfonamides is 1. The second kappa shape index (κ2) is 5.42. The summed E-state index contributed by atoms with van der Waals surface area (Å²) in [5, 5.41) is 0. The molecule has 1 saturated heterocycles. The van der Waals surface area contributed by atoms with E-state index in [1.165, 1.54) is 0 Å².